The number of hydrogen-bond acceptors (Lipinski definition) is 5. The van der Waals surface area contributed by atoms with Crippen molar-refractivity contribution < 1.29 is 19.1 Å². The normalized spacial score (nSPS) is 25.2. The van der Waals surface area contributed by atoms with Gasteiger partial charge in [0.1, 0.15) is 5.75 Å². The Bertz CT molecular complexity index is 714. The molecule has 1 aromatic carbocycles. The van der Waals surface area contributed by atoms with Crippen molar-refractivity contribution in [2.45, 2.75) is 37.8 Å². The summed E-state index contributed by atoms with van der Waals surface area (Å²) in [7, 11) is 3.46. The molecule has 0 N–H and O–H groups in total. The van der Waals surface area contributed by atoms with Crippen molar-refractivity contribution in [3.8, 4) is 5.75 Å². The third kappa shape index (κ3) is 3.18. The molecule has 0 radical (unpaired) electrons. The van der Waals surface area contributed by atoms with Gasteiger partial charge in [-0.3, -0.25) is 9.69 Å². The summed E-state index contributed by atoms with van der Waals surface area (Å²) in [5, 5.41) is 0. The highest BCUT2D eigenvalue weighted by molar-refractivity contribution is 5.99. The Balaban J connectivity index is 1.55. The van der Waals surface area contributed by atoms with Gasteiger partial charge in [-0.2, -0.15) is 0 Å². The first kappa shape index (κ1) is 17.3. The van der Waals surface area contributed by atoms with E-state index < -0.39 is 5.97 Å². The average molecular weight is 358 g/mol. The van der Waals surface area contributed by atoms with E-state index in [4.69, 9.17) is 9.47 Å². The van der Waals surface area contributed by atoms with Crippen LogP contribution in [-0.2, 0) is 4.74 Å². The van der Waals surface area contributed by atoms with Crippen molar-refractivity contribution in [2.75, 3.05) is 33.9 Å². The molecule has 1 saturated carbocycles. The van der Waals surface area contributed by atoms with Crippen LogP contribution < -0.4 is 4.74 Å². The number of likely N-dealkylation sites (N-methyl/N-ethyl adjacent to an activating group) is 1. The minimum atomic E-state index is -0.448. The number of piperazine rings is 1. The second-order valence-electron chi connectivity index (χ2n) is 7.79. The number of fused-ring (bicyclic) bond motifs is 2. The lowest BCUT2D eigenvalue weighted by Crippen LogP contribution is -2.47. The fraction of sp³-hybridized carbons (Fsp3) is 0.600. The van der Waals surface area contributed by atoms with E-state index in [1.807, 2.05) is 4.90 Å². The Hall–Kier alpha value is -2.08. The van der Waals surface area contributed by atoms with E-state index in [1.165, 1.54) is 26.4 Å². The lowest BCUT2D eigenvalue weighted by molar-refractivity contribution is 0.0600. The minimum Gasteiger partial charge on any atom is -0.493 e. The van der Waals surface area contributed by atoms with Crippen LogP contribution in [0.25, 0.3) is 0 Å². The van der Waals surface area contributed by atoms with Gasteiger partial charge in [0.15, 0.2) is 0 Å². The molecule has 1 aromatic rings. The zero-order valence-electron chi connectivity index (χ0n) is 15.4. The molecule has 4 rings (SSSR count). The maximum Gasteiger partial charge on any atom is 0.338 e. The minimum absolute atomic E-state index is 0.0233. The van der Waals surface area contributed by atoms with Crippen molar-refractivity contribution in [1.29, 1.82) is 0 Å². The molecule has 0 aromatic heterocycles. The number of carbonyl (C=O) groups excluding carboxylic acids is 2. The lowest BCUT2D eigenvalue weighted by Gasteiger charge is -2.32. The summed E-state index contributed by atoms with van der Waals surface area (Å²) in [4.78, 5) is 29.3. The van der Waals surface area contributed by atoms with E-state index in [9.17, 15) is 9.59 Å². The topological polar surface area (TPSA) is 59.1 Å². The van der Waals surface area contributed by atoms with Crippen molar-refractivity contribution >= 4 is 11.9 Å². The Morgan fingerprint density at radius 1 is 1.12 bits per heavy atom. The number of hydrogen-bond donors (Lipinski definition) is 0. The van der Waals surface area contributed by atoms with E-state index in [-0.39, 0.29) is 11.9 Å². The highest BCUT2D eigenvalue weighted by Gasteiger charge is 2.43. The predicted octanol–water partition coefficient (Wildman–Crippen LogP) is 2.18. The van der Waals surface area contributed by atoms with Crippen molar-refractivity contribution in [1.82, 2.24) is 9.80 Å². The van der Waals surface area contributed by atoms with Crippen LogP contribution in [0.15, 0.2) is 18.2 Å². The Labute approximate surface area is 154 Å². The zero-order chi connectivity index (χ0) is 18.3. The number of nitrogens with zero attached hydrogens (tertiary/aromatic N) is 2. The van der Waals surface area contributed by atoms with Gasteiger partial charge in [-0.15, -0.1) is 0 Å². The smallest absolute Gasteiger partial charge is 0.338 e. The third-order valence-corrected chi connectivity index (χ3v) is 6.06. The molecular weight excluding hydrogens is 332 g/mol. The molecule has 2 saturated heterocycles. The molecule has 6 nitrogen and oxygen atoms in total. The van der Waals surface area contributed by atoms with Crippen LogP contribution in [-0.4, -0.2) is 67.6 Å². The van der Waals surface area contributed by atoms with E-state index in [1.54, 1.807) is 18.2 Å². The third-order valence-electron chi connectivity index (χ3n) is 6.06. The molecule has 1 aliphatic carbocycles. The van der Waals surface area contributed by atoms with Gasteiger partial charge in [-0.25, -0.2) is 4.79 Å². The number of ether oxygens (including phenoxy) is 2. The van der Waals surface area contributed by atoms with Crippen LogP contribution in [0.3, 0.4) is 0 Å². The van der Waals surface area contributed by atoms with Crippen molar-refractivity contribution in [3.63, 3.8) is 0 Å². The molecule has 3 fully saturated rings. The van der Waals surface area contributed by atoms with Crippen molar-refractivity contribution in [3.05, 3.63) is 29.3 Å². The number of esters is 1. The summed E-state index contributed by atoms with van der Waals surface area (Å²) in [6, 6.07) is 5.77. The van der Waals surface area contributed by atoms with Crippen molar-refractivity contribution in [2.24, 2.45) is 5.92 Å². The van der Waals surface area contributed by atoms with Crippen LogP contribution in [0.4, 0.5) is 0 Å². The van der Waals surface area contributed by atoms with Crippen LogP contribution in [0.2, 0.25) is 0 Å². The zero-order valence-corrected chi connectivity index (χ0v) is 15.4. The maximum absolute atomic E-state index is 13.1. The van der Waals surface area contributed by atoms with Crippen LogP contribution in [0, 0.1) is 5.92 Å². The molecule has 26 heavy (non-hydrogen) atoms. The maximum atomic E-state index is 13.1. The Morgan fingerprint density at radius 3 is 2.46 bits per heavy atom. The van der Waals surface area contributed by atoms with Crippen LogP contribution in [0.1, 0.15) is 46.4 Å². The van der Waals surface area contributed by atoms with Gasteiger partial charge < -0.3 is 14.4 Å². The molecule has 6 heteroatoms. The summed E-state index contributed by atoms with van der Waals surface area (Å²) >= 11 is 0. The highest BCUT2D eigenvalue weighted by Crippen LogP contribution is 2.32. The fourth-order valence-electron chi connectivity index (χ4n) is 4.20. The molecule has 0 spiro atoms. The summed E-state index contributed by atoms with van der Waals surface area (Å²) in [6.07, 6.45) is 4.66. The SMILES string of the molecule is COC(=O)c1cc(OCC2CCC2)cc(C(=O)N2CC3CC2CN3C)c1. The number of likely N-dealkylation sites (tertiary alicyclic amines) is 2. The van der Waals surface area contributed by atoms with Gasteiger partial charge in [0.25, 0.3) is 5.91 Å². The van der Waals surface area contributed by atoms with Gasteiger partial charge in [0.05, 0.1) is 19.3 Å². The van der Waals surface area contributed by atoms with Gasteiger partial charge in [0.2, 0.25) is 0 Å². The van der Waals surface area contributed by atoms with E-state index >= 15 is 0 Å². The van der Waals surface area contributed by atoms with Crippen LogP contribution >= 0.6 is 0 Å². The Kier molecular flexibility index (Phi) is 4.61. The first-order valence-electron chi connectivity index (χ1n) is 9.42. The van der Waals surface area contributed by atoms with Gasteiger partial charge >= 0.3 is 5.97 Å². The number of rotatable bonds is 5. The molecule has 1 amide bonds. The second kappa shape index (κ2) is 6.91. The van der Waals surface area contributed by atoms with Crippen LogP contribution in [0.5, 0.6) is 5.75 Å². The quantitative estimate of drug-likeness (QED) is 0.755. The van der Waals surface area contributed by atoms with E-state index in [2.05, 4.69) is 11.9 Å². The summed E-state index contributed by atoms with van der Waals surface area (Å²) < 4.78 is 10.7. The molecule has 3 aliphatic rings. The van der Waals surface area contributed by atoms with Gasteiger partial charge in [0, 0.05) is 30.7 Å². The number of benzene rings is 1. The molecule has 2 bridgehead atoms. The van der Waals surface area contributed by atoms with E-state index in [0.717, 1.165) is 19.5 Å². The molecule has 2 unspecified atom stereocenters. The summed E-state index contributed by atoms with van der Waals surface area (Å²) in [5.41, 5.74) is 0.871. The molecule has 2 aliphatic heterocycles. The Morgan fingerprint density at radius 2 is 1.88 bits per heavy atom. The largest absolute Gasteiger partial charge is 0.493 e. The molecular formula is C20H26N2O4. The summed E-state index contributed by atoms with van der Waals surface area (Å²) in [6.45, 7) is 2.30. The molecule has 140 valence electrons. The predicted molar refractivity (Wildman–Crippen MR) is 96.5 cm³/mol. The standard InChI is InChI=1S/C20H26N2O4/c1-21-10-17-9-16(21)11-22(17)19(23)14-6-15(20(24)25-2)8-18(7-14)26-12-13-4-3-5-13/h6-8,13,16-17H,3-5,9-12H2,1-2H3. The first-order valence-corrected chi connectivity index (χ1v) is 9.42. The monoisotopic (exact) mass is 358 g/mol. The molecule has 2 atom stereocenters. The first-order chi connectivity index (χ1) is 12.5. The molecule has 2 heterocycles. The fourth-order valence-corrected chi connectivity index (χ4v) is 4.20. The van der Waals surface area contributed by atoms with Gasteiger partial charge in [-0.05, 0) is 50.4 Å². The summed E-state index contributed by atoms with van der Waals surface area (Å²) in [5.74, 6) is 0.686. The highest BCUT2D eigenvalue weighted by atomic mass is 16.5. The average Bonchev–Trinajstić information content (AvgIpc) is 3.18. The second-order valence-corrected chi connectivity index (χ2v) is 7.79. The lowest BCUT2D eigenvalue weighted by atomic mass is 9.86. The number of methoxy groups -OCH3 is 1. The van der Waals surface area contributed by atoms with Gasteiger partial charge in [-0.1, -0.05) is 6.42 Å². The number of amides is 1. The van der Waals surface area contributed by atoms with E-state index in [0.29, 0.717) is 35.4 Å². The number of carbonyl (C=O) groups is 2.